The van der Waals surface area contributed by atoms with Crippen LogP contribution in [0, 0.1) is 0 Å². The molecule has 4 rings (SSSR count). The molecule has 1 aromatic carbocycles. The topological polar surface area (TPSA) is 65.0 Å². The minimum Gasteiger partial charge on any atom is -0.378 e. The molecule has 3 heterocycles. The Morgan fingerprint density at radius 1 is 1.33 bits per heavy atom. The summed E-state index contributed by atoms with van der Waals surface area (Å²) in [5.41, 5.74) is 2.19. The number of fused-ring (bicyclic) bond motifs is 1. The van der Waals surface area contributed by atoms with Gasteiger partial charge in [0.25, 0.3) is 0 Å². The van der Waals surface area contributed by atoms with Gasteiger partial charge in [-0.3, -0.25) is 4.57 Å². The largest absolute Gasteiger partial charge is 0.378 e. The van der Waals surface area contributed by atoms with Crippen molar-refractivity contribution in [2.24, 2.45) is 0 Å². The van der Waals surface area contributed by atoms with Crippen LogP contribution in [-0.4, -0.2) is 50.9 Å². The number of nitrogens with zero attached hydrogens (tertiary/aromatic N) is 3. The lowest BCUT2D eigenvalue weighted by Gasteiger charge is -2.14. The Morgan fingerprint density at radius 3 is 3.04 bits per heavy atom. The van der Waals surface area contributed by atoms with Gasteiger partial charge in [-0.2, -0.15) is 0 Å². The molecule has 1 unspecified atom stereocenters. The molecule has 1 saturated heterocycles. The van der Waals surface area contributed by atoms with Gasteiger partial charge in [-0.1, -0.05) is 30.0 Å². The van der Waals surface area contributed by atoms with E-state index in [2.05, 4.69) is 51.8 Å². The number of benzene rings is 1. The van der Waals surface area contributed by atoms with Crippen molar-refractivity contribution in [3.63, 3.8) is 0 Å². The summed E-state index contributed by atoms with van der Waals surface area (Å²) in [4.78, 5) is 3.34. The highest BCUT2D eigenvalue weighted by Gasteiger charge is 2.23. The van der Waals surface area contributed by atoms with Gasteiger partial charge >= 0.3 is 0 Å². The van der Waals surface area contributed by atoms with Crippen LogP contribution in [0.15, 0.2) is 35.6 Å². The molecule has 6 nitrogen and oxygen atoms in total. The second kappa shape index (κ2) is 8.46. The normalized spacial score (nSPS) is 17.4. The van der Waals surface area contributed by atoms with E-state index in [-0.39, 0.29) is 12.2 Å². The number of ether oxygens (including phenoxy) is 2. The molecule has 1 aliphatic heterocycles. The number of thioether (sulfide) groups is 1. The van der Waals surface area contributed by atoms with Gasteiger partial charge in [-0.15, -0.1) is 10.2 Å². The summed E-state index contributed by atoms with van der Waals surface area (Å²) in [7, 11) is 0. The minimum absolute atomic E-state index is 0.233. The quantitative estimate of drug-likeness (QED) is 0.466. The first-order chi connectivity index (χ1) is 13.2. The summed E-state index contributed by atoms with van der Waals surface area (Å²) >= 11 is 1.69. The van der Waals surface area contributed by atoms with E-state index < -0.39 is 0 Å². The molecule has 0 saturated carbocycles. The van der Waals surface area contributed by atoms with Gasteiger partial charge in [0, 0.05) is 35.0 Å². The number of para-hydroxylation sites is 1. The van der Waals surface area contributed by atoms with Gasteiger partial charge in [0.1, 0.15) is 0 Å². The molecule has 1 aliphatic rings. The first-order valence-corrected chi connectivity index (χ1v) is 10.6. The van der Waals surface area contributed by atoms with Crippen molar-refractivity contribution >= 4 is 22.7 Å². The molecule has 0 bridgehead atoms. The van der Waals surface area contributed by atoms with Crippen molar-refractivity contribution in [2.45, 2.75) is 50.6 Å². The number of aromatic nitrogens is 4. The lowest BCUT2D eigenvalue weighted by atomic mass is 10.1. The van der Waals surface area contributed by atoms with Crippen molar-refractivity contribution in [1.29, 1.82) is 0 Å². The van der Waals surface area contributed by atoms with E-state index in [9.17, 15) is 0 Å². The highest BCUT2D eigenvalue weighted by molar-refractivity contribution is 7.99. The predicted octanol–water partition coefficient (Wildman–Crippen LogP) is 4.12. The number of rotatable bonds is 8. The van der Waals surface area contributed by atoms with Crippen LogP contribution in [0.2, 0.25) is 0 Å². The average Bonchev–Trinajstić information content (AvgIpc) is 3.39. The molecule has 144 valence electrons. The van der Waals surface area contributed by atoms with Crippen LogP contribution in [0.1, 0.15) is 26.7 Å². The van der Waals surface area contributed by atoms with Gasteiger partial charge in [0.05, 0.1) is 25.4 Å². The third-order valence-corrected chi connectivity index (χ3v) is 5.65. The monoisotopic (exact) mass is 386 g/mol. The fourth-order valence-corrected chi connectivity index (χ4v) is 4.20. The molecule has 0 spiro atoms. The zero-order chi connectivity index (χ0) is 18.6. The Kier molecular flexibility index (Phi) is 5.80. The van der Waals surface area contributed by atoms with Gasteiger partial charge < -0.3 is 14.5 Å². The second-order valence-corrected chi connectivity index (χ2v) is 8.13. The molecule has 1 N–H and O–H groups in total. The van der Waals surface area contributed by atoms with E-state index in [1.54, 1.807) is 11.8 Å². The third-order valence-electron chi connectivity index (χ3n) is 4.72. The van der Waals surface area contributed by atoms with E-state index in [1.165, 1.54) is 0 Å². The highest BCUT2D eigenvalue weighted by atomic mass is 32.2. The predicted molar refractivity (Wildman–Crippen MR) is 108 cm³/mol. The molecular formula is C20H26N4O2S. The molecule has 3 aromatic rings. The molecule has 0 amide bonds. The van der Waals surface area contributed by atoms with Crippen molar-refractivity contribution in [1.82, 2.24) is 19.7 Å². The van der Waals surface area contributed by atoms with E-state index >= 15 is 0 Å². The zero-order valence-electron chi connectivity index (χ0n) is 15.9. The number of hydrogen-bond acceptors (Lipinski definition) is 5. The van der Waals surface area contributed by atoms with Crippen LogP contribution in [0.3, 0.4) is 0 Å². The second-order valence-electron chi connectivity index (χ2n) is 7.07. The molecule has 2 aromatic heterocycles. The van der Waals surface area contributed by atoms with Gasteiger partial charge in [-0.25, -0.2) is 0 Å². The zero-order valence-corrected chi connectivity index (χ0v) is 16.7. The van der Waals surface area contributed by atoms with E-state index in [0.717, 1.165) is 59.2 Å². The number of hydrogen-bond donors (Lipinski definition) is 1. The minimum atomic E-state index is 0.233. The first-order valence-electron chi connectivity index (χ1n) is 9.58. The molecular weight excluding hydrogens is 360 g/mol. The van der Waals surface area contributed by atoms with E-state index in [0.29, 0.717) is 6.61 Å². The molecule has 0 aliphatic carbocycles. The highest BCUT2D eigenvalue weighted by Crippen LogP contribution is 2.31. The SMILES string of the molecule is CC(C)OCCSc1nnc(-c2c[nH]c3ccccc23)n1CC1CCCO1. The molecule has 1 fully saturated rings. The van der Waals surface area contributed by atoms with E-state index in [1.807, 2.05) is 12.3 Å². The maximum absolute atomic E-state index is 5.88. The van der Waals surface area contributed by atoms with Gasteiger partial charge in [0.15, 0.2) is 11.0 Å². The molecule has 1 atom stereocenters. The lowest BCUT2D eigenvalue weighted by Crippen LogP contribution is -2.17. The Balaban J connectivity index is 1.62. The average molecular weight is 387 g/mol. The smallest absolute Gasteiger partial charge is 0.191 e. The van der Waals surface area contributed by atoms with Crippen LogP contribution >= 0.6 is 11.8 Å². The van der Waals surface area contributed by atoms with Crippen LogP contribution < -0.4 is 0 Å². The number of nitrogens with one attached hydrogen (secondary N) is 1. The van der Waals surface area contributed by atoms with Crippen molar-refractivity contribution < 1.29 is 9.47 Å². The summed E-state index contributed by atoms with van der Waals surface area (Å²) < 4.78 is 13.8. The van der Waals surface area contributed by atoms with Crippen molar-refractivity contribution in [3.05, 3.63) is 30.5 Å². The Labute approximate surface area is 163 Å². The van der Waals surface area contributed by atoms with Gasteiger partial charge in [-0.05, 0) is 32.8 Å². The standard InChI is InChI=1S/C20H26N4O2S/c1-14(2)25-10-11-27-20-23-22-19(24(20)13-15-6-5-9-26-15)17-12-21-18-8-4-3-7-16(17)18/h3-4,7-8,12,14-15,21H,5-6,9-11,13H2,1-2H3. The number of H-pyrrole nitrogens is 1. The first kappa shape index (κ1) is 18.5. The summed E-state index contributed by atoms with van der Waals surface area (Å²) in [5, 5.41) is 11.1. The van der Waals surface area contributed by atoms with Gasteiger partial charge in [0.2, 0.25) is 0 Å². The fraction of sp³-hybridized carbons (Fsp3) is 0.500. The molecule has 7 heteroatoms. The van der Waals surface area contributed by atoms with Crippen molar-refractivity contribution in [2.75, 3.05) is 19.0 Å². The summed E-state index contributed by atoms with van der Waals surface area (Å²) in [5.74, 6) is 1.76. The van der Waals surface area contributed by atoms with Crippen LogP contribution in [-0.2, 0) is 16.0 Å². The fourth-order valence-electron chi connectivity index (χ4n) is 3.42. The number of aromatic amines is 1. The van der Waals surface area contributed by atoms with E-state index in [4.69, 9.17) is 9.47 Å². The Morgan fingerprint density at radius 2 is 2.22 bits per heavy atom. The third kappa shape index (κ3) is 4.20. The van der Waals surface area contributed by atoms with Crippen LogP contribution in [0.25, 0.3) is 22.3 Å². The molecule has 0 radical (unpaired) electrons. The summed E-state index contributed by atoms with van der Waals surface area (Å²) in [6, 6.07) is 8.29. The summed E-state index contributed by atoms with van der Waals surface area (Å²) in [6.07, 6.45) is 4.72. The molecule has 27 heavy (non-hydrogen) atoms. The Bertz CT molecular complexity index is 883. The van der Waals surface area contributed by atoms with Crippen molar-refractivity contribution in [3.8, 4) is 11.4 Å². The maximum Gasteiger partial charge on any atom is 0.191 e. The van der Waals surface area contributed by atoms with Crippen LogP contribution in [0.5, 0.6) is 0 Å². The summed E-state index contributed by atoms with van der Waals surface area (Å²) in [6.45, 7) is 6.45. The Hall–Kier alpha value is -1.83. The van der Waals surface area contributed by atoms with Crippen LogP contribution in [0.4, 0.5) is 0 Å². The lowest BCUT2D eigenvalue weighted by molar-refractivity contribution is 0.0918. The maximum atomic E-state index is 5.88.